The fraction of sp³-hybridized carbons (Fsp3) is 0.529. The normalized spacial score (nSPS) is 14.8. The molecule has 0 aliphatic heterocycles. The first kappa shape index (κ1) is 16.7. The van der Waals surface area contributed by atoms with Crippen LogP contribution in [0.25, 0.3) is 0 Å². The van der Waals surface area contributed by atoms with Gasteiger partial charge in [-0.25, -0.2) is 0 Å². The molecule has 21 heavy (non-hydrogen) atoms. The minimum Gasteiger partial charge on any atom is -0.308 e. The van der Waals surface area contributed by atoms with Crippen molar-refractivity contribution in [3.8, 4) is 0 Å². The van der Waals surface area contributed by atoms with E-state index in [1.54, 1.807) is 0 Å². The molecule has 0 spiro atoms. The Morgan fingerprint density at radius 1 is 1.10 bits per heavy atom. The van der Waals surface area contributed by atoms with Crippen LogP contribution >= 0.6 is 22.7 Å². The van der Waals surface area contributed by atoms with E-state index in [1.807, 2.05) is 22.7 Å². The third-order valence-electron chi connectivity index (χ3n) is 3.65. The van der Waals surface area contributed by atoms with Gasteiger partial charge in [-0.3, -0.25) is 0 Å². The Labute approximate surface area is 136 Å². The van der Waals surface area contributed by atoms with Gasteiger partial charge in [0.1, 0.15) is 0 Å². The van der Waals surface area contributed by atoms with Crippen LogP contribution in [0, 0.1) is 5.92 Å². The first-order valence-corrected chi connectivity index (χ1v) is 9.28. The van der Waals surface area contributed by atoms with Crippen molar-refractivity contribution in [2.75, 3.05) is 20.6 Å². The second kappa shape index (κ2) is 8.08. The van der Waals surface area contributed by atoms with Crippen LogP contribution in [0.1, 0.15) is 29.6 Å². The van der Waals surface area contributed by atoms with Crippen molar-refractivity contribution in [2.45, 2.75) is 32.4 Å². The van der Waals surface area contributed by atoms with Crippen molar-refractivity contribution < 1.29 is 0 Å². The van der Waals surface area contributed by atoms with Crippen LogP contribution in [0.4, 0.5) is 0 Å². The van der Waals surface area contributed by atoms with Gasteiger partial charge < -0.3 is 10.2 Å². The lowest BCUT2D eigenvalue weighted by atomic mass is 10.0. The van der Waals surface area contributed by atoms with Crippen LogP contribution in [0.2, 0.25) is 0 Å². The van der Waals surface area contributed by atoms with Gasteiger partial charge in [0.05, 0.1) is 0 Å². The molecule has 0 bridgehead atoms. The fourth-order valence-electron chi connectivity index (χ4n) is 2.47. The average Bonchev–Trinajstić information content (AvgIpc) is 3.09. The Morgan fingerprint density at radius 2 is 1.81 bits per heavy atom. The van der Waals surface area contributed by atoms with E-state index in [0.29, 0.717) is 18.0 Å². The van der Waals surface area contributed by atoms with E-state index in [2.05, 4.69) is 73.2 Å². The predicted molar refractivity (Wildman–Crippen MR) is 95.4 cm³/mol. The summed E-state index contributed by atoms with van der Waals surface area (Å²) >= 11 is 3.71. The second-order valence-corrected chi connectivity index (χ2v) is 8.14. The Bertz CT molecular complexity index is 489. The van der Waals surface area contributed by atoms with Gasteiger partial charge in [-0.15, -0.1) is 22.7 Å². The summed E-state index contributed by atoms with van der Waals surface area (Å²) in [5, 5.41) is 8.24. The molecular formula is C17H26N2S2. The van der Waals surface area contributed by atoms with E-state index in [9.17, 15) is 0 Å². The SMILES string of the molecule is CC(C)C(CN(C)C)NC(Cc1cccs1)c1cccs1. The van der Waals surface area contributed by atoms with Crippen molar-refractivity contribution in [3.05, 3.63) is 44.8 Å². The number of hydrogen-bond donors (Lipinski definition) is 1. The van der Waals surface area contributed by atoms with E-state index in [1.165, 1.54) is 9.75 Å². The van der Waals surface area contributed by atoms with Crippen LogP contribution in [0.3, 0.4) is 0 Å². The number of hydrogen-bond acceptors (Lipinski definition) is 4. The standard InChI is InChI=1S/C17H26N2S2/c1-13(2)16(12-19(3)4)18-15(17-8-6-10-21-17)11-14-7-5-9-20-14/h5-10,13,15-16,18H,11-12H2,1-4H3. The summed E-state index contributed by atoms with van der Waals surface area (Å²) in [6.45, 7) is 5.68. The Balaban J connectivity index is 2.11. The lowest BCUT2D eigenvalue weighted by Gasteiger charge is -2.30. The second-order valence-electron chi connectivity index (χ2n) is 6.13. The zero-order valence-electron chi connectivity index (χ0n) is 13.4. The van der Waals surface area contributed by atoms with Gasteiger partial charge in [0.25, 0.3) is 0 Å². The van der Waals surface area contributed by atoms with Crippen LogP contribution in [0.5, 0.6) is 0 Å². The van der Waals surface area contributed by atoms with Crippen LogP contribution in [-0.4, -0.2) is 31.6 Å². The highest BCUT2D eigenvalue weighted by molar-refractivity contribution is 7.10. The first-order chi connectivity index (χ1) is 10.1. The molecule has 2 atom stereocenters. The molecule has 0 saturated carbocycles. The summed E-state index contributed by atoms with van der Waals surface area (Å²) < 4.78 is 0. The minimum atomic E-state index is 0.413. The van der Waals surface area contributed by atoms with Gasteiger partial charge >= 0.3 is 0 Å². The van der Waals surface area contributed by atoms with E-state index >= 15 is 0 Å². The third kappa shape index (κ3) is 5.22. The maximum atomic E-state index is 3.90. The molecule has 116 valence electrons. The minimum absolute atomic E-state index is 0.413. The smallest absolute Gasteiger partial charge is 0.0466 e. The molecule has 0 fully saturated rings. The summed E-state index contributed by atoms with van der Waals surface area (Å²) in [5.74, 6) is 0.623. The molecule has 2 heterocycles. The maximum absolute atomic E-state index is 3.90. The number of thiophene rings is 2. The monoisotopic (exact) mass is 322 g/mol. The van der Waals surface area contributed by atoms with E-state index in [0.717, 1.165) is 13.0 Å². The van der Waals surface area contributed by atoms with Crippen molar-refractivity contribution in [1.82, 2.24) is 10.2 Å². The first-order valence-electron chi connectivity index (χ1n) is 7.53. The van der Waals surface area contributed by atoms with Crippen LogP contribution < -0.4 is 5.32 Å². The highest BCUT2D eigenvalue weighted by Gasteiger charge is 2.21. The molecule has 2 rings (SSSR count). The zero-order chi connectivity index (χ0) is 15.2. The quantitative estimate of drug-likeness (QED) is 0.781. The van der Waals surface area contributed by atoms with E-state index in [-0.39, 0.29) is 0 Å². The summed E-state index contributed by atoms with van der Waals surface area (Å²) in [6, 6.07) is 9.71. The van der Waals surface area contributed by atoms with Gasteiger partial charge in [0.15, 0.2) is 0 Å². The van der Waals surface area contributed by atoms with Gasteiger partial charge in [0, 0.05) is 34.8 Å². The predicted octanol–water partition coefficient (Wildman–Crippen LogP) is 4.27. The fourth-order valence-corrected chi connectivity index (χ4v) is 4.01. The average molecular weight is 323 g/mol. The van der Waals surface area contributed by atoms with Crippen molar-refractivity contribution in [2.24, 2.45) is 5.92 Å². The molecule has 2 nitrogen and oxygen atoms in total. The lowest BCUT2D eigenvalue weighted by molar-refractivity contribution is 0.269. The molecule has 0 aliphatic rings. The molecule has 2 aromatic rings. The van der Waals surface area contributed by atoms with Crippen LogP contribution in [-0.2, 0) is 6.42 Å². The number of nitrogens with zero attached hydrogens (tertiary/aromatic N) is 1. The lowest BCUT2D eigenvalue weighted by Crippen LogP contribution is -2.44. The Kier molecular flexibility index (Phi) is 6.42. The molecule has 0 aromatic carbocycles. The van der Waals surface area contributed by atoms with Crippen molar-refractivity contribution in [3.63, 3.8) is 0 Å². The Hall–Kier alpha value is -0.680. The van der Waals surface area contributed by atoms with Crippen LogP contribution in [0.15, 0.2) is 35.0 Å². The molecule has 0 aliphatic carbocycles. The topological polar surface area (TPSA) is 15.3 Å². The molecular weight excluding hydrogens is 296 g/mol. The van der Waals surface area contributed by atoms with E-state index in [4.69, 9.17) is 0 Å². The van der Waals surface area contributed by atoms with Gasteiger partial charge in [-0.1, -0.05) is 26.0 Å². The number of nitrogens with one attached hydrogen (secondary N) is 1. The van der Waals surface area contributed by atoms with E-state index < -0.39 is 0 Å². The van der Waals surface area contributed by atoms with Gasteiger partial charge in [-0.2, -0.15) is 0 Å². The highest BCUT2D eigenvalue weighted by atomic mass is 32.1. The summed E-state index contributed by atoms with van der Waals surface area (Å²) in [4.78, 5) is 5.16. The summed E-state index contributed by atoms with van der Waals surface area (Å²) in [5.41, 5.74) is 0. The molecule has 0 amide bonds. The number of likely N-dealkylation sites (N-methyl/N-ethyl adjacent to an activating group) is 1. The van der Waals surface area contributed by atoms with Gasteiger partial charge in [-0.05, 0) is 42.9 Å². The zero-order valence-corrected chi connectivity index (χ0v) is 15.0. The van der Waals surface area contributed by atoms with Gasteiger partial charge in [0.2, 0.25) is 0 Å². The summed E-state index contributed by atoms with van der Waals surface area (Å²) in [7, 11) is 4.30. The largest absolute Gasteiger partial charge is 0.308 e. The van der Waals surface area contributed by atoms with Crippen molar-refractivity contribution >= 4 is 22.7 Å². The Morgan fingerprint density at radius 3 is 2.33 bits per heavy atom. The molecule has 2 aromatic heterocycles. The molecule has 0 saturated heterocycles. The number of rotatable bonds is 8. The molecule has 0 radical (unpaired) electrons. The van der Waals surface area contributed by atoms with Crippen molar-refractivity contribution in [1.29, 1.82) is 0 Å². The molecule has 1 N–H and O–H groups in total. The highest BCUT2D eigenvalue weighted by Crippen LogP contribution is 2.26. The molecule has 4 heteroatoms. The third-order valence-corrected chi connectivity index (χ3v) is 5.54. The maximum Gasteiger partial charge on any atom is 0.0466 e. The summed E-state index contributed by atoms with van der Waals surface area (Å²) in [6.07, 6.45) is 1.08. The molecule has 2 unspecified atom stereocenters.